The van der Waals surface area contributed by atoms with Gasteiger partial charge in [-0.05, 0) is 37.5 Å². The molecule has 0 saturated carbocycles. The Morgan fingerprint density at radius 1 is 1.52 bits per heavy atom. The van der Waals surface area contributed by atoms with Crippen molar-refractivity contribution < 1.29 is 27.4 Å². The van der Waals surface area contributed by atoms with Gasteiger partial charge < -0.3 is 9.84 Å². The predicted octanol–water partition coefficient (Wildman–Crippen LogP) is 1.84. The van der Waals surface area contributed by atoms with Crippen LogP contribution in [0, 0.1) is 12.7 Å². The zero-order valence-corrected chi connectivity index (χ0v) is 13.4. The van der Waals surface area contributed by atoms with Crippen LogP contribution in [0.25, 0.3) is 0 Å². The zero-order valence-electron chi connectivity index (χ0n) is 12.6. The fourth-order valence-electron chi connectivity index (χ4n) is 2.46. The predicted molar refractivity (Wildman–Crippen MR) is 81.4 cm³/mol. The highest BCUT2D eigenvalue weighted by atomic mass is 32.2. The molecule has 8 heteroatoms. The van der Waals surface area contributed by atoms with Crippen LogP contribution in [0.3, 0.4) is 0 Å². The van der Waals surface area contributed by atoms with Crippen molar-refractivity contribution in [1.82, 2.24) is 4.72 Å². The lowest BCUT2D eigenvalue weighted by Crippen LogP contribution is -2.46. The maximum Gasteiger partial charge on any atom is 0.336 e. The molecule has 1 aliphatic heterocycles. The van der Waals surface area contributed by atoms with Crippen LogP contribution in [0.4, 0.5) is 4.39 Å². The van der Waals surface area contributed by atoms with Gasteiger partial charge in [0, 0.05) is 6.61 Å². The van der Waals surface area contributed by atoms with E-state index in [9.17, 15) is 17.6 Å². The van der Waals surface area contributed by atoms with Crippen molar-refractivity contribution in [2.75, 3.05) is 6.61 Å². The van der Waals surface area contributed by atoms with Crippen molar-refractivity contribution in [3.63, 3.8) is 0 Å². The number of carbonyl (C=O) groups is 1. The maximum absolute atomic E-state index is 13.9. The number of sulfonamides is 1. The van der Waals surface area contributed by atoms with E-state index in [4.69, 9.17) is 9.84 Å². The second-order valence-corrected chi connectivity index (χ2v) is 7.04. The van der Waals surface area contributed by atoms with Crippen LogP contribution in [-0.4, -0.2) is 38.2 Å². The second-order valence-electron chi connectivity index (χ2n) is 5.32. The molecule has 1 aliphatic rings. The van der Waals surface area contributed by atoms with Gasteiger partial charge in [0.05, 0.1) is 22.6 Å². The van der Waals surface area contributed by atoms with Gasteiger partial charge in [0.1, 0.15) is 5.82 Å². The molecule has 0 spiro atoms. The lowest BCUT2D eigenvalue weighted by atomic mass is 10.0. The molecule has 0 aromatic heterocycles. The summed E-state index contributed by atoms with van der Waals surface area (Å²) in [4.78, 5) is 10.7. The molecule has 2 atom stereocenters. The van der Waals surface area contributed by atoms with Crippen LogP contribution >= 0.6 is 0 Å². The Balaban J connectivity index is 2.36. The number of hydrogen-bond donors (Lipinski definition) is 2. The molecule has 1 saturated heterocycles. The minimum absolute atomic E-state index is 0.110. The lowest BCUT2D eigenvalue weighted by molar-refractivity contribution is 0.0274. The molecular formula is C15H18FNO5S. The molecule has 126 valence electrons. The Labute approximate surface area is 134 Å². The first-order valence-electron chi connectivity index (χ1n) is 7.06. The van der Waals surface area contributed by atoms with Gasteiger partial charge in [-0.15, -0.1) is 6.58 Å². The molecule has 0 bridgehead atoms. The molecule has 0 radical (unpaired) electrons. The summed E-state index contributed by atoms with van der Waals surface area (Å²) < 4.78 is 46.6. The van der Waals surface area contributed by atoms with E-state index >= 15 is 0 Å². The number of ether oxygens (including phenoxy) is 1. The van der Waals surface area contributed by atoms with Crippen molar-refractivity contribution in [3.8, 4) is 0 Å². The molecular weight excluding hydrogens is 325 g/mol. The number of hydrogen-bond acceptors (Lipinski definition) is 4. The number of nitrogens with one attached hydrogen (secondary N) is 1. The summed E-state index contributed by atoms with van der Waals surface area (Å²) in [6.45, 7) is 5.40. The van der Waals surface area contributed by atoms with E-state index in [1.54, 1.807) is 0 Å². The summed E-state index contributed by atoms with van der Waals surface area (Å²) in [5, 5.41) is 9.07. The lowest BCUT2D eigenvalue weighted by Gasteiger charge is -2.30. The highest BCUT2D eigenvalue weighted by Gasteiger charge is 2.29. The van der Waals surface area contributed by atoms with Gasteiger partial charge in [0.2, 0.25) is 10.0 Å². The molecule has 6 nitrogen and oxygen atoms in total. The Hall–Kier alpha value is -1.77. The minimum Gasteiger partial charge on any atom is -0.478 e. The summed E-state index contributed by atoms with van der Waals surface area (Å²) in [5.41, 5.74) is -0.494. The standard InChI is InChI=1S/C15H18FNO5S/c1-3-14-13(5-4-6-22-14)17-23(20,21)10-7-11(15(18)19)9(2)12(16)8-10/h3,7-8,13-14,17H,1,4-6H2,2H3,(H,18,19)/t13-,14+/m1/s1. The molecule has 1 fully saturated rings. The SMILES string of the molecule is C=C[C@@H]1OCCC[C@H]1NS(=O)(=O)c1cc(F)c(C)c(C(=O)O)c1. The number of halogens is 1. The summed E-state index contributed by atoms with van der Waals surface area (Å²) >= 11 is 0. The van der Waals surface area contributed by atoms with Crippen LogP contribution < -0.4 is 4.72 Å². The topological polar surface area (TPSA) is 92.7 Å². The van der Waals surface area contributed by atoms with Gasteiger partial charge >= 0.3 is 5.97 Å². The quantitative estimate of drug-likeness (QED) is 0.796. The summed E-state index contributed by atoms with van der Waals surface area (Å²) in [6, 6.07) is 1.25. The van der Waals surface area contributed by atoms with Crippen molar-refractivity contribution in [3.05, 3.63) is 41.7 Å². The van der Waals surface area contributed by atoms with E-state index in [0.29, 0.717) is 19.4 Å². The number of benzene rings is 1. The van der Waals surface area contributed by atoms with Gasteiger partial charge in [-0.2, -0.15) is 0 Å². The number of aromatic carboxylic acids is 1. The Kier molecular flexibility index (Phi) is 5.18. The van der Waals surface area contributed by atoms with E-state index in [-0.39, 0.29) is 11.1 Å². The van der Waals surface area contributed by atoms with E-state index in [0.717, 1.165) is 12.1 Å². The fourth-order valence-corrected chi connectivity index (χ4v) is 3.78. The largest absolute Gasteiger partial charge is 0.478 e. The first-order chi connectivity index (χ1) is 10.8. The van der Waals surface area contributed by atoms with Crippen LogP contribution in [-0.2, 0) is 14.8 Å². The molecule has 0 amide bonds. The Morgan fingerprint density at radius 2 is 2.22 bits per heavy atom. The highest BCUT2D eigenvalue weighted by Crippen LogP contribution is 2.22. The van der Waals surface area contributed by atoms with Gasteiger partial charge in [-0.1, -0.05) is 6.08 Å². The first kappa shape index (κ1) is 17.6. The van der Waals surface area contributed by atoms with Crippen LogP contribution in [0.15, 0.2) is 29.7 Å². The highest BCUT2D eigenvalue weighted by molar-refractivity contribution is 7.89. The summed E-state index contributed by atoms with van der Waals surface area (Å²) in [5.74, 6) is -2.27. The van der Waals surface area contributed by atoms with Crippen molar-refractivity contribution >= 4 is 16.0 Å². The van der Waals surface area contributed by atoms with Crippen molar-refractivity contribution in [1.29, 1.82) is 0 Å². The number of carboxylic acids is 1. The van der Waals surface area contributed by atoms with Gasteiger partial charge in [-0.25, -0.2) is 22.3 Å². The van der Waals surface area contributed by atoms with E-state index in [2.05, 4.69) is 11.3 Å². The first-order valence-corrected chi connectivity index (χ1v) is 8.54. The van der Waals surface area contributed by atoms with Crippen LogP contribution in [0.5, 0.6) is 0 Å². The summed E-state index contributed by atoms with van der Waals surface area (Å²) in [7, 11) is -4.08. The van der Waals surface area contributed by atoms with E-state index in [1.165, 1.54) is 13.0 Å². The third-order valence-electron chi connectivity index (χ3n) is 3.76. The molecule has 0 unspecified atom stereocenters. The van der Waals surface area contributed by atoms with Crippen molar-refractivity contribution in [2.45, 2.75) is 36.8 Å². The molecule has 23 heavy (non-hydrogen) atoms. The van der Waals surface area contributed by atoms with Crippen LogP contribution in [0.1, 0.15) is 28.8 Å². The number of carboxylic acid groups (broad SMARTS) is 1. The third-order valence-corrected chi connectivity index (χ3v) is 5.23. The Bertz CT molecular complexity index is 732. The fraction of sp³-hybridized carbons (Fsp3) is 0.400. The normalized spacial score (nSPS) is 21.8. The van der Waals surface area contributed by atoms with Crippen molar-refractivity contribution in [2.24, 2.45) is 0 Å². The second kappa shape index (κ2) is 6.77. The monoisotopic (exact) mass is 343 g/mol. The number of rotatable bonds is 5. The van der Waals surface area contributed by atoms with Gasteiger partial charge in [0.15, 0.2) is 0 Å². The smallest absolute Gasteiger partial charge is 0.336 e. The molecule has 1 heterocycles. The molecule has 1 aromatic carbocycles. The Morgan fingerprint density at radius 3 is 2.83 bits per heavy atom. The summed E-state index contributed by atoms with van der Waals surface area (Å²) in [6.07, 6.45) is 2.26. The van der Waals surface area contributed by atoms with E-state index < -0.39 is 38.9 Å². The molecule has 2 N–H and O–H groups in total. The van der Waals surface area contributed by atoms with Gasteiger partial charge in [-0.3, -0.25) is 0 Å². The zero-order chi connectivity index (χ0) is 17.2. The molecule has 1 aromatic rings. The van der Waals surface area contributed by atoms with Crippen LogP contribution in [0.2, 0.25) is 0 Å². The average molecular weight is 343 g/mol. The maximum atomic E-state index is 13.9. The van der Waals surface area contributed by atoms with Gasteiger partial charge in [0.25, 0.3) is 0 Å². The minimum atomic E-state index is -4.08. The molecule has 2 rings (SSSR count). The van der Waals surface area contributed by atoms with E-state index in [1.807, 2.05) is 0 Å². The molecule has 0 aliphatic carbocycles. The third kappa shape index (κ3) is 3.77. The average Bonchev–Trinajstić information content (AvgIpc) is 2.49.